The molecule has 0 saturated carbocycles. The molecule has 0 aromatic heterocycles. The molecule has 20 heavy (non-hydrogen) atoms. The average Bonchev–Trinajstić information content (AvgIpc) is 2.40. The monoisotopic (exact) mass is 304 g/mol. The predicted molar refractivity (Wildman–Crippen MR) is 75.4 cm³/mol. The van der Waals surface area contributed by atoms with Crippen LogP contribution in [0, 0.1) is 5.82 Å². The molecular formula is C13H21FN2O3S. The Labute approximate surface area is 119 Å². The van der Waals surface area contributed by atoms with E-state index in [-0.39, 0.29) is 17.5 Å². The molecule has 2 N–H and O–H groups in total. The van der Waals surface area contributed by atoms with Gasteiger partial charge in [0, 0.05) is 19.7 Å². The van der Waals surface area contributed by atoms with Crippen molar-refractivity contribution in [2.45, 2.75) is 30.8 Å². The maximum absolute atomic E-state index is 13.8. The van der Waals surface area contributed by atoms with Gasteiger partial charge in [-0.1, -0.05) is 13.0 Å². The number of methoxy groups -OCH3 is 1. The largest absolute Gasteiger partial charge is 0.383 e. The highest BCUT2D eigenvalue weighted by Gasteiger charge is 2.22. The van der Waals surface area contributed by atoms with E-state index in [0.717, 1.165) is 0 Å². The van der Waals surface area contributed by atoms with E-state index in [9.17, 15) is 12.8 Å². The summed E-state index contributed by atoms with van der Waals surface area (Å²) in [7, 11) is -0.669. The molecule has 1 unspecified atom stereocenters. The molecule has 0 radical (unpaired) electrons. The Hall–Kier alpha value is -1.02. The molecule has 0 amide bonds. The summed E-state index contributed by atoms with van der Waals surface area (Å²) in [5.74, 6) is -0.760. The van der Waals surface area contributed by atoms with Crippen LogP contribution in [0.1, 0.15) is 18.9 Å². The molecule has 5 nitrogen and oxygen atoms in total. The van der Waals surface area contributed by atoms with Gasteiger partial charge in [-0.2, -0.15) is 0 Å². The molecule has 0 bridgehead atoms. The number of nitrogens with one attached hydrogen (secondary N) is 2. The Balaban J connectivity index is 3.04. The van der Waals surface area contributed by atoms with Crippen LogP contribution >= 0.6 is 0 Å². The van der Waals surface area contributed by atoms with Crippen LogP contribution in [0.3, 0.4) is 0 Å². The number of rotatable bonds is 8. The summed E-state index contributed by atoms with van der Waals surface area (Å²) in [5, 5.41) is 2.90. The lowest BCUT2D eigenvalue weighted by Crippen LogP contribution is -2.37. The van der Waals surface area contributed by atoms with Crippen molar-refractivity contribution < 1.29 is 17.5 Å². The highest BCUT2D eigenvalue weighted by atomic mass is 32.2. The van der Waals surface area contributed by atoms with Gasteiger partial charge in [-0.25, -0.2) is 17.5 Å². The van der Waals surface area contributed by atoms with Crippen LogP contribution in [0.4, 0.5) is 4.39 Å². The Morgan fingerprint density at radius 3 is 2.65 bits per heavy atom. The van der Waals surface area contributed by atoms with E-state index in [1.807, 2.05) is 6.92 Å². The summed E-state index contributed by atoms with van der Waals surface area (Å²) in [4.78, 5) is -0.334. The average molecular weight is 304 g/mol. The van der Waals surface area contributed by atoms with Crippen molar-refractivity contribution in [2.24, 2.45) is 0 Å². The number of hydrogen-bond donors (Lipinski definition) is 2. The van der Waals surface area contributed by atoms with Crippen LogP contribution in [0.15, 0.2) is 23.1 Å². The quantitative estimate of drug-likeness (QED) is 0.758. The van der Waals surface area contributed by atoms with Crippen molar-refractivity contribution >= 4 is 10.0 Å². The first-order valence-electron chi connectivity index (χ1n) is 6.38. The van der Waals surface area contributed by atoms with Crippen LogP contribution in [-0.2, 0) is 21.3 Å². The maximum atomic E-state index is 13.8. The fourth-order valence-corrected chi connectivity index (χ4v) is 3.22. The molecule has 0 spiro atoms. The summed E-state index contributed by atoms with van der Waals surface area (Å²) in [5.41, 5.74) is 0.703. The summed E-state index contributed by atoms with van der Waals surface area (Å²) in [6, 6.07) is 3.68. The first kappa shape index (κ1) is 17.0. The van der Waals surface area contributed by atoms with Crippen LogP contribution in [-0.4, -0.2) is 35.2 Å². The molecule has 0 aliphatic carbocycles. The normalized spacial score (nSPS) is 13.4. The maximum Gasteiger partial charge on any atom is 0.243 e. The summed E-state index contributed by atoms with van der Waals surface area (Å²) >= 11 is 0. The fourth-order valence-electron chi connectivity index (χ4n) is 1.79. The highest BCUT2D eigenvalue weighted by Crippen LogP contribution is 2.17. The van der Waals surface area contributed by atoms with E-state index in [4.69, 9.17) is 4.74 Å². The van der Waals surface area contributed by atoms with Gasteiger partial charge in [-0.05, 0) is 31.2 Å². The van der Waals surface area contributed by atoms with E-state index < -0.39 is 15.8 Å². The van der Waals surface area contributed by atoms with Crippen molar-refractivity contribution in [3.8, 4) is 0 Å². The zero-order valence-corrected chi connectivity index (χ0v) is 12.8. The summed E-state index contributed by atoms with van der Waals surface area (Å²) < 4.78 is 45.6. The minimum absolute atomic E-state index is 0.244. The van der Waals surface area contributed by atoms with E-state index in [1.54, 1.807) is 13.1 Å². The smallest absolute Gasteiger partial charge is 0.243 e. The number of benzene rings is 1. The SMILES string of the molecule is CCC(COC)NS(=O)(=O)c1cc(CNC)ccc1F. The fraction of sp³-hybridized carbons (Fsp3) is 0.538. The Morgan fingerprint density at radius 2 is 2.10 bits per heavy atom. The molecule has 1 atom stereocenters. The van der Waals surface area contributed by atoms with Crippen molar-refractivity contribution in [3.63, 3.8) is 0 Å². The van der Waals surface area contributed by atoms with Crippen molar-refractivity contribution in [3.05, 3.63) is 29.6 Å². The van der Waals surface area contributed by atoms with Gasteiger partial charge >= 0.3 is 0 Å². The summed E-state index contributed by atoms with van der Waals surface area (Å²) in [6.45, 7) is 2.55. The van der Waals surface area contributed by atoms with Crippen molar-refractivity contribution in [1.29, 1.82) is 0 Å². The minimum Gasteiger partial charge on any atom is -0.383 e. The van der Waals surface area contributed by atoms with E-state index >= 15 is 0 Å². The Bertz CT molecular complexity index is 534. The van der Waals surface area contributed by atoms with Crippen molar-refractivity contribution in [1.82, 2.24) is 10.0 Å². The Kier molecular flexibility index (Phi) is 6.54. The van der Waals surface area contributed by atoms with E-state index in [1.165, 1.54) is 19.2 Å². The molecular weight excluding hydrogens is 283 g/mol. The minimum atomic E-state index is -3.90. The molecule has 0 saturated heterocycles. The highest BCUT2D eigenvalue weighted by molar-refractivity contribution is 7.89. The van der Waals surface area contributed by atoms with Gasteiger partial charge in [-0.3, -0.25) is 0 Å². The van der Waals surface area contributed by atoms with Gasteiger partial charge in [0.25, 0.3) is 0 Å². The topological polar surface area (TPSA) is 67.4 Å². The van der Waals surface area contributed by atoms with Gasteiger partial charge in [0.05, 0.1) is 6.61 Å². The standard InChI is InChI=1S/C13H21FN2O3S/c1-4-11(9-19-3)16-20(17,18)13-7-10(8-15-2)5-6-12(13)14/h5-7,11,15-16H,4,8-9H2,1-3H3. The molecule has 7 heteroatoms. The van der Waals surface area contributed by atoms with Gasteiger partial charge in [-0.15, -0.1) is 0 Å². The predicted octanol–water partition coefficient (Wildman–Crippen LogP) is 1.25. The second kappa shape index (κ2) is 7.68. The second-order valence-electron chi connectivity index (χ2n) is 4.48. The van der Waals surface area contributed by atoms with Crippen LogP contribution < -0.4 is 10.0 Å². The lowest BCUT2D eigenvalue weighted by Gasteiger charge is -2.16. The van der Waals surface area contributed by atoms with Gasteiger partial charge in [0.15, 0.2) is 0 Å². The third-order valence-electron chi connectivity index (χ3n) is 2.85. The molecule has 1 rings (SSSR count). The first-order chi connectivity index (χ1) is 9.44. The second-order valence-corrected chi connectivity index (χ2v) is 6.16. The lowest BCUT2D eigenvalue weighted by atomic mass is 10.2. The number of sulfonamides is 1. The van der Waals surface area contributed by atoms with Crippen LogP contribution in [0.25, 0.3) is 0 Å². The Morgan fingerprint density at radius 1 is 1.40 bits per heavy atom. The molecule has 0 heterocycles. The first-order valence-corrected chi connectivity index (χ1v) is 7.87. The van der Waals surface area contributed by atoms with Gasteiger partial charge < -0.3 is 10.1 Å². The van der Waals surface area contributed by atoms with Crippen molar-refractivity contribution in [2.75, 3.05) is 20.8 Å². The van der Waals surface area contributed by atoms with Crippen LogP contribution in [0.5, 0.6) is 0 Å². The number of halogens is 1. The zero-order chi connectivity index (χ0) is 15.2. The molecule has 0 aliphatic heterocycles. The molecule has 1 aromatic rings. The molecule has 0 fully saturated rings. The van der Waals surface area contributed by atoms with Gasteiger partial charge in [0.1, 0.15) is 10.7 Å². The zero-order valence-electron chi connectivity index (χ0n) is 11.9. The molecule has 1 aromatic carbocycles. The molecule has 114 valence electrons. The van der Waals surface area contributed by atoms with E-state index in [2.05, 4.69) is 10.0 Å². The van der Waals surface area contributed by atoms with Crippen LogP contribution in [0.2, 0.25) is 0 Å². The third-order valence-corrected chi connectivity index (χ3v) is 4.38. The summed E-state index contributed by atoms with van der Waals surface area (Å²) in [6.07, 6.45) is 0.560. The van der Waals surface area contributed by atoms with Gasteiger partial charge in [0.2, 0.25) is 10.0 Å². The number of ether oxygens (including phenoxy) is 1. The lowest BCUT2D eigenvalue weighted by molar-refractivity contribution is 0.173. The number of hydrogen-bond acceptors (Lipinski definition) is 4. The third kappa shape index (κ3) is 4.52. The molecule has 0 aliphatic rings. The van der Waals surface area contributed by atoms with E-state index in [0.29, 0.717) is 18.5 Å².